The highest BCUT2D eigenvalue weighted by molar-refractivity contribution is 5.91. The molecule has 3 aromatic rings. The molecule has 8 heteroatoms. The fraction of sp³-hybridized carbons (Fsp3) is 0.346. The Kier molecular flexibility index (Phi) is 6.18. The molecule has 1 heterocycles. The van der Waals surface area contributed by atoms with E-state index in [1.54, 1.807) is 16.8 Å². The third-order valence-electron chi connectivity index (χ3n) is 6.52. The number of rotatable bonds is 4. The molecule has 0 fully saturated rings. The summed E-state index contributed by atoms with van der Waals surface area (Å²) in [7, 11) is 1.32. The van der Waals surface area contributed by atoms with Gasteiger partial charge in [-0.05, 0) is 61.1 Å². The van der Waals surface area contributed by atoms with Crippen molar-refractivity contribution in [1.82, 2.24) is 15.1 Å². The molecule has 0 bridgehead atoms. The van der Waals surface area contributed by atoms with E-state index in [4.69, 9.17) is 4.74 Å². The van der Waals surface area contributed by atoms with E-state index in [-0.39, 0.29) is 5.41 Å². The van der Waals surface area contributed by atoms with Crippen molar-refractivity contribution in [3.8, 4) is 5.69 Å². The molecule has 178 valence electrons. The lowest BCUT2D eigenvalue weighted by Crippen LogP contribution is -2.45. The lowest BCUT2D eigenvalue weighted by atomic mass is 9.69. The number of carbonyl (C=O) groups excluding carboxylic acids is 2. The number of hydrogen-bond donors (Lipinski definition) is 3. The lowest BCUT2D eigenvalue weighted by Gasteiger charge is -2.40. The smallest absolute Gasteiger partial charge is 0.337 e. The van der Waals surface area contributed by atoms with Crippen molar-refractivity contribution in [2.75, 3.05) is 12.4 Å². The third-order valence-corrected chi connectivity index (χ3v) is 6.52. The topological polar surface area (TPSA) is 105 Å². The summed E-state index contributed by atoms with van der Waals surface area (Å²) < 4.78 is 6.55. The second kappa shape index (κ2) is 8.95. The third kappa shape index (κ3) is 4.28. The monoisotopic (exact) mass is 462 g/mol. The van der Waals surface area contributed by atoms with Crippen LogP contribution in [0.1, 0.15) is 59.1 Å². The van der Waals surface area contributed by atoms with Crippen molar-refractivity contribution in [2.45, 2.75) is 51.7 Å². The first-order valence-electron chi connectivity index (χ1n) is 11.2. The van der Waals surface area contributed by atoms with Crippen molar-refractivity contribution in [3.05, 3.63) is 76.5 Å². The molecule has 0 unspecified atom stereocenters. The Morgan fingerprint density at radius 3 is 2.53 bits per heavy atom. The first-order valence-corrected chi connectivity index (χ1v) is 11.2. The molecule has 8 nitrogen and oxygen atoms in total. The second-order valence-electron chi connectivity index (χ2n) is 9.33. The fourth-order valence-corrected chi connectivity index (χ4v) is 4.61. The van der Waals surface area contributed by atoms with Gasteiger partial charge in [0.05, 0.1) is 36.2 Å². The quantitative estimate of drug-likeness (QED) is 0.505. The SMILES string of the molecule is COC(=O)c1ccc2c(c1)[C@H](NC(=O)Nc1c(C)c(C)nn1-c1ccccc1)[C@@H](O)CC2(C)C. The summed E-state index contributed by atoms with van der Waals surface area (Å²) in [6.45, 7) is 7.85. The number of ether oxygens (including phenoxy) is 1. The summed E-state index contributed by atoms with van der Waals surface area (Å²) in [5, 5.41) is 21.4. The maximum absolute atomic E-state index is 13.2. The molecule has 1 aliphatic rings. The van der Waals surface area contributed by atoms with E-state index in [1.165, 1.54) is 7.11 Å². The van der Waals surface area contributed by atoms with E-state index >= 15 is 0 Å². The number of methoxy groups -OCH3 is 1. The van der Waals surface area contributed by atoms with E-state index < -0.39 is 24.1 Å². The number of carbonyl (C=O) groups is 2. The average molecular weight is 463 g/mol. The molecule has 0 saturated carbocycles. The van der Waals surface area contributed by atoms with Gasteiger partial charge in [0, 0.05) is 5.56 Å². The Balaban J connectivity index is 1.65. The number of nitrogens with one attached hydrogen (secondary N) is 2. The van der Waals surface area contributed by atoms with Gasteiger partial charge in [0.1, 0.15) is 5.82 Å². The van der Waals surface area contributed by atoms with Crippen LogP contribution in [0.2, 0.25) is 0 Å². The summed E-state index contributed by atoms with van der Waals surface area (Å²) >= 11 is 0. The predicted octanol–water partition coefficient (Wildman–Crippen LogP) is 4.18. The normalized spacial score (nSPS) is 18.6. The molecule has 0 radical (unpaired) electrons. The summed E-state index contributed by atoms with van der Waals surface area (Å²) in [5.41, 5.74) is 4.18. The maximum atomic E-state index is 13.2. The van der Waals surface area contributed by atoms with E-state index in [0.717, 1.165) is 22.5 Å². The van der Waals surface area contributed by atoms with Gasteiger partial charge in [0.25, 0.3) is 0 Å². The molecule has 1 aliphatic carbocycles. The number of anilines is 1. The predicted molar refractivity (Wildman–Crippen MR) is 129 cm³/mol. The largest absolute Gasteiger partial charge is 0.465 e. The van der Waals surface area contributed by atoms with Crippen LogP contribution in [0, 0.1) is 13.8 Å². The summed E-state index contributed by atoms with van der Waals surface area (Å²) in [6.07, 6.45) is -0.370. The van der Waals surface area contributed by atoms with Crippen LogP contribution in [0.5, 0.6) is 0 Å². The number of benzene rings is 2. The molecule has 1 aromatic heterocycles. The van der Waals surface area contributed by atoms with Crippen LogP contribution >= 0.6 is 0 Å². The standard InChI is InChI=1S/C26H30N4O4/c1-15-16(2)29-30(18-9-7-6-8-10-18)23(15)28-25(33)27-22-19-13-17(24(32)34-5)11-12-20(19)26(3,4)14-21(22)31/h6-13,21-22,31H,14H2,1-5H3,(H2,27,28,33)/t21-,22-/m0/s1. The Morgan fingerprint density at radius 1 is 1.15 bits per heavy atom. The zero-order valence-electron chi connectivity index (χ0n) is 20.0. The fourth-order valence-electron chi connectivity index (χ4n) is 4.61. The van der Waals surface area contributed by atoms with E-state index in [9.17, 15) is 14.7 Å². The number of fused-ring (bicyclic) bond motifs is 1. The van der Waals surface area contributed by atoms with E-state index in [2.05, 4.69) is 15.7 Å². The highest BCUT2D eigenvalue weighted by Crippen LogP contribution is 2.42. The van der Waals surface area contributed by atoms with Gasteiger partial charge in [-0.15, -0.1) is 0 Å². The van der Waals surface area contributed by atoms with Crippen LogP contribution in [-0.4, -0.2) is 40.1 Å². The van der Waals surface area contributed by atoms with Gasteiger partial charge in [-0.1, -0.05) is 38.1 Å². The van der Waals surface area contributed by atoms with Crippen LogP contribution in [0.25, 0.3) is 5.69 Å². The number of hydrogen-bond acceptors (Lipinski definition) is 5. The van der Waals surface area contributed by atoms with Crippen LogP contribution in [0.4, 0.5) is 10.6 Å². The van der Waals surface area contributed by atoms with Gasteiger partial charge in [-0.3, -0.25) is 5.32 Å². The number of aromatic nitrogens is 2. The summed E-state index contributed by atoms with van der Waals surface area (Å²) in [6, 6.07) is 13.7. The molecule has 2 aromatic carbocycles. The van der Waals surface area contributed by atoms with Crippen LogP contribution < -0.4 is 10.6 Å². The van der Waals surface area contributed by atoms with Gasteiger partial charge < -0.3 is 15.2 Å². The zero-order valence-corrected chi connectivity index (χ0v) is 20.0. The molecule has 2 atom stereocenters. The minimum Gasteiger partial charge on any atom is -0.465 e. The Morgan fingerprint density at radius 2 is 1.85 bits per heavy atom. The average Bonchev–Trinajstić information content (AvgIpc) is 3.09. The molecule has 0 saturated heterocycles. The minimum absolute atomic E-state index is 0.322. The molecule has 0 aliphatic heterocycles. The lowest BCUT2D eigenvalue weighted by molar-refractivity contribution is 0.0598. The molecule has 2 amide bonds. The second-order valence-corrected chi connectivity index (χ2v) is 9.33. The first kappa shape index (κ1) is 23.5. The number of aryl methyl sites for hydroxylation is 1. The summed E-state index contributed by atoms with van der Waals surface area (Å²) in [5.74, 6) is 0.0806. The number of urea groups is 1. The van der Waals surface area contributed by atoms with Crippen LogP contribution in [0.3, 0.4) is 0 Å². The highest BCUT2D eigenvalue weighted by Gasteiger charge is 2.39. The van der Waals surface area contributed by atoms with Crippen molar-refractivity contribution < 1.29 is 19.4 Å². The van der Waals surface area contributed by atoms with Crippen LogP contribution in [-0.2, 0) is 10.2 Å². The molecular formula is C26H30N4O4. The molecule has 0 spiro atoms. The minimum atomic E-state index is -0.831. The van der Waals surface area contributed by atoms with Gasteiger partial charge in [-0.2, -0.15) is 5.10 Å². The van der Waals surface area contributed by atoms with Gasteiger partial charge >= 0.3 is 12.0 Å². The Bertz CT molecular complexity index is 1230. The van der Waals surface area contributed by atoms with Gasteiger partial charge in [-0.25, -0.2) is 14.3 Å². The Hall–Kier alpha value is -3.65. The van der Waals surface area contributed by atoms with Crippen LogP contribution in [0.15, 0.2) is 48.5 Å². The van der Waals surface area contributed by atoms with Gasteiger partial charge in [0.2, 0.25) is 0 Å². The van der Waals surface area contributed by atoms with Crippen molar-refractivity contribution in [1.29, 1.82) is 0 Å². The van der Waals surface area contributed by atoms with Crippen molar-refractivity contribution in [2.24, 2.45) is 0 Å². The van der Waals surface area contributed by atoms with E-state index in [0.29, 0.717) is 23.4 Å². The maximum Gasteiger partial charge on any atom is 0.337 e. The number of esters is 1. The number of amides is 2. The van der Waals surface area contributed by atoms with Crippen molar-refractivity contribution >= 4 is 17.8 Å². The first-order chi connectivity index (χ1) is 16.1. The molecule has 3 N–H and O–H groups in total. The highest BCUT2D eigenvalue weighted by atomic mass is 16.5. The molecule has 4 rings (SSSR count). The van der Waals surface area contributed by atoms with Crippen molar-refractivity contribution in [3.63, 3.8) is 0 Å². The summed E-state index contributed by atoms with van der Waals surface area (Å²) in [4.78, 5) is 25.3. The Labute approximate surface area is 198 Å². The van der Waals surface area contributed by atoms with E-state index in [1.807, 2.05) is 64.1 Å². The number of aliphatic hydroxyl groups excluding tert-OH is 1. The number of para-hydroxylation sites is 1. The number of nitrogens with zero attached hydrogens (tertiary/aromatic N) is 2. The zero-order chi connectivity index (χ0) is 24.6. The number of aliphatic hydroxyl groups is 1. The van der Waals surface area contributed by atoms with Gasteiger partial charge in [0.15, 0.2) is 0 Å². The molecular weight excluding hydrogens is 432 g/mol. The molecule has 34 heavy (non-hydrogen) atoms.